The summed E-state index contributed by atoms with van der Waals surface area (Å²) in [6.45, 7) is 2.22. The SMILES string of the molecule is CO[Si](CCCNCCCO[Si](OC)(OC)OC)(OC)OC. The van der Waals surface area contributed by atoms with Crippen LogP contribution in [0.1, 0.15) is 12.8 Å². The molecule has 0 aliphatic carbocycles. The minimum absolute atomic E-state index is 0.516. The minimum atomic E-state index is -2.90. The van der Waals surface area contributed by atoms with Gasteiger partial charge in [-0.3, -0.25) is 0 Å². The molecule has 0 aliphatic heterocycles. The summed E-state index contributed by atoms with van der Waals surface area (Å²) in [5.41, 5.74) is 0. The highest BCUT2D eigenvalue weighted by Gasteiger charge is 2.41. The van der Waals surface area contributed by atoms with E-state index in [1.165, 1.54) is 21.3 Å². The quantitative estimate of drug-likeness (QED) is 0.338. The third-order valence-electron chi connectivity index (χ3n) is 3.30. The molecule has 0 aromatic heterocycles. The summed E-state index contributed by atoms with van der Waals surface area (Å²) in [4.78, 5) is 0. The van der Waals surface area contributed by atoms with Crippen molar-refractivity contribution >= 4 is 17.9 Å². The Labute approximate surface area is 136 Å². The first-order chi connectivity index (χ1) is 10.6. The van der Waals surface area contributed by atoms with Crippen molar-refractivity contribution in [3.8, 4) is 0 Å². The molecule has 134 valence electrons. The molecular weight excluding hydrogens is 326 g/mol. The van der Waals surface area contributed by atoms with Gasteiger partial charge in [0.1, 0.15) is 0 Å². The van der Waals surface area contributed by atoms with Crippen molar-refractivity contribution in [3.05, 3.63) is 0 Å². The van der Waals surface area contributed by atoms with E-state index in [0.717, 1.165) is 32.0 Å². The second-order valence-corrected chi connectivity index (χ2v) is 10.1. The van der Waals surface area contributed by atoms with Crippen LogP contribution >= 0.6 is 0 Å². The van der Waals surface area contributed by atoms with Crippen LogP contribution in [-0.4, -0.2) is 80.2 Å². The van der Waals surface area contributed by atoms with Crippen molar-refractivity contribution in [1.82, 2.24) is 5.32 Å². The molecule has 0 aromatic rings. The number of hydrogen-bond donors (Lipinski definition) is 1. The molecule has 0 aromatic carbocycles. The summed E-state index contributed by atoms with van der Waals surface area (Å²) < 4.78 is 37.2. The minimum Gasteiger partial charge on any atom is -0.377 e. The van der Waals surface area contributed by atoms with Gasteiger partial charge in [-0.1, -0.05) is 0 Å². The molecule has 8 nitrogen and oxygen atoms in total. The molecule has 0 spiro atoms. The number of hydrogen-bond acceptors (Lipinski definition) is 8. The Hall–Kier alpha value is 0.114. The topological polar surface area (TPSA) is 76.6 Å². The van der Waals surface area contributed by atoms with Crippen LogP contribution < -0.4 is 5.32 Å². The largest absolute Gasteiger partial charge is 0.678 e. The summed E-state index contributed by atoms with van der Waals surface area (Å²) >= 11 is 0. The van der Waals surface area contributed by atoms with Crippen molar-refractivity contribution in [1.29, 1.82) is 0 Å². The standard InChI is InChI=1S/C12H31NO7Si2/c1-14-21(15-2,16-3)12-8-10-13-9-7-11-20-22(17-4,18-5)19-6/h13H,7-12H2,1-6H3. The van der Waals surface area contributed by atoms with E-state index >= 15 is 0 Å². The second-order valence-electron chi connectivity index (χ2n) is 4.46. The first-order valence-electron chi connectivity index (χ1n) is 7.23. The molecule has 0 heterocycles. The van der Waals surface area contributed by atoms with Gasteiger partial charge in [0, 0.05) is 55.3 Å². The fraction of sp³-hybridized carbons (Fsp3) is 1.00. The lowest BCUT2D eigenvalue weighted by Gasteiger charge is -2.24. The van der Waals surface area contributed by atoms with E-state index in [9.17, 15) is 0 Å². The molecule has 1 N–H and O–H groups in total. The lowest BCUT2D eigenvalue weighted by atomic mass is 10.4. The molecule has 0 fully saturated rings. The van der Waals surface area contributed by atoms with Crippen molar-refractivity contribution in [2.45, 2.75) is 18.9 Å². The van der Waals surface area contributed by atoms with E-state index in [1.54, 1.807) is 21.3 Å². The highest BCUT2D eigenvalue weighted by molar-refractivity contribution is 6.60. The molecule has 0 amide bonds. The maximum Gasteiger partial charge on any atom is 0.678 e. The number of rotatable bonds is 15. The van der Waals surface area contributed by atoms with Crippen molar-refractivity contribution < 1.29 is 31.0 Å². The van der Waals surface area contributed by atoms with Crippen LogP contribution in [0.25, 0.3) is 0 Å². The Kier molecular flexibility index (Phi) is 12.6. The average molecular weight is 358 g/mol. The zero-order valence-electron chi connectivity index (χ0n) is 14.6. The van der Waals surface area contributed by atoms with E-state index in [2.05, 4.69) is 5.32 Å². The third kappa shape index (κ3) is 7.59. The molecule has 0 unspecified atom stereocenters. The van der Waals surface area contributed by atoms with E-state index in [-0.39, 0.29) is 0 Å². The van der Waals surface area contributed by atoms with Crippen molar-refractivity contribution in [3.63, 3.8) is 0 Å². The van der Waals surface area contributed by atoms with Gasteiger partial charge in [-0.25, -0.2) is 0 Å². The van der Waals surface area contributed by atoms with E-state index in [0.29, 0.717) is 6.61 Å². The van der Waals surface area contributed by atoms with E-state index in [1.807, 2.05) is 0 Å². The first-order valence-corrected chi connectivity index (χ1v) is 10.8. The maximum absolute atomic E-state index is 5.57. The summed E-state index contributed by atoms with van der Waals surface area (Å²) in [5.74, 6) is 0. The molecule has 0 atom stereocenters. The zero-order valence-corrected chi connectivity index (χ0v) is 16.6. The molecule has 0 rings (SSSR count). The Bertz CT molecular complexity index is 223. The fourth-order valence-electron chi connectivity index (χ4n) is 1.93. The Morgan fingerprint density at radius 3 is 1.64 bits per heavy atom. The fourth-order valence-corrected chi connectivity index (χ4v) is 4.90. The average Bonchev–Trinajstić information content (AvgIpc) is 2.58. The number of nitrogens with one attached hydrogen (secondary N) is 1. The molecule has 0 saturated carbocycles. The monoisotopic (exact) mass is 357 g/mol. The van der Waals surface area contributed by atoms with E-state index in [4.69, 9.17) is 31.0 Å². The highest BCUT2D eigenvalue weighted by Crippen LogP contribution is 2.14. The lowest BCUT2D eigenvalue weighted by molar-refractivity contribution is 0.00547. The normalized spacial score (nSPS) is 12.8. The smallest absolute Gasteiger partial charge is 0.377 e. The van der Waals surface area contributed by atoms with Crippen molar-refractivity contribution in [2.75, 3.05) is 62.4 Å². The molecule has 10 heteroatoms. The van der Waals surface area contributed by atoms with Crippen LogP contribution in [0, 0.1) is 0 Å². The van der Waals surface area contributed by atoms with Crippen LogP contribution in [0.4, 0.5) is 0 Å². The summed E-state index contributed by atoms with van der Waals surface area (Å²) in [6.07, 6.45) is 1.77. The zero-order chi connectivity index (χ0) is 16.9. The van der Waals surface area contributed by atoms with Gasteiger partial charge < -0.3 is 36.3 Å². The van der Waals surface area contributed by atoms with Gasteiger partial charge in [0.2, 0.25) is 0 Å². The predicted octanol–water partition coefficient (Wildman–Crippen LogP) is 0.626. The molecule has 22 heavy (non-hydrogen) atoms. The van der Waals surface area contributed by atoms with Gasteiger partial charge in [-0.2, -0.15) is 0 Å². The summed E-state index contributed by atoms with van der Waals surface area (Å²) in [6, 6.07) is 0.785. The Balaban J connectivity index is 3.70. The van der Waals surface area contributed by atoms with Crippen molar-refractivity contribution in [2.24, 2.45) is 0 Å². The Morgan fingerprint density at radius 2 is 1.18 bits per heavy atom. The van der Waals surface area contributed by atoms with Gasteiger partial charge >= 0.3 is 17.9 Å². The van der Waals surface area contributed by atoms with E-state index < -0.39 is 17.9 Å². The maximum atomic E-state index is 5.57. The van der Waals surface area contributed by atoms with Crippen LogP contribution in [0.15, 0.2) is 0 Å². The van der Waals surface area contributed by atoms with Gasteiger partial charge in [0.25, 0.3) is 0 Å². The van der Waals surface area contributed by atoms with Crippen LogP contribution in [0.3, 0.4) is 0 Å². The molecule has 0 bridgehead atoms. The predicted molar refractivity (Wildman–Crippen MR) is 86.4 cm³/mol. The molecule has 0 saturated heterocycles. The van der Waals surface area contributed by atoms with Crippen LogP contribution in [-0.2, 0) is 31.0 Å². The van der Waals surface area contributed by atoms with Crippen LogP contribution in [0.5, 0.6) is 0 Å². The Morgan fingerprint density at radius 1 is 0.682 bits per heavy atom. The molecular formula is C12H31NO7Si2. The summed E-state index contributed by atoms with van der Waals surface area (Å²) in [7, 11) is 4.10. The summed E-state index contributed by atoms with van der Waals surface area (Å²) in [5, 5.41) is 3.34. The first kappa shape index (κ1) is 22.1. The van der Waals surface area contributed by atoms with Gasteiger partial charge in [-0.05, 0) is 25.9 Å². The lowest BCUT2D eigenvalue weighted by Crippen LogP contribution is -2.46. The van der Waals surface area contributed by atoms with Gasteiger partial charge in [-0.15, -0.1) is 0 Å². The molecule has 0 aliphatic rings. The van der Waals surface area contributed by atoms with Gasteiger partial charge in [0.05, 0.1) is 0 Å². The highest BCUT2D eigenvalue weighted by atomic mass is 28.4. The third-order valence-corrected chi connectivity index (χ3v) is 8.19. The van der Waals surface area contributed by atoms with Crippen LogP contribution in [0.2, 0.25) is 6.04 Å². The van der Waals surface area contributed by atoms with Gasteiger partial charge in [0.15, 0.2) is 0 Å². The molecule has 0 radical (unpaired) electrons. The second kappa shape index (κ2) is 12.5.